The lowest BCUT2D eigenvalue weighted by Gasteiger charge is -2.19. The SMILES string of the molecule is C=CCOc1cccc(NC(=O)CCNS(=O)(=O)c2ccc(C(C)(C)C)cc2)c1. The van der Waals surface area contributed by atoms with Crippen molar-refractivity contribution in [1.29, 1.82) is 0 Å². The molecule has 0 fully saturated rings. The van der Waals surface area contributed by atoms with Crippen molar-refractivity contribution in [1.82, 2.24) is 4.72 Å². The van der Waals surface area contributed by atoms with E-state index in [0.717, 1.165) is 5.56 Å². The number of nitrogens with one attached hydrogen (secondary N) is 2. The molecule has 0 heterocycles. The zero-order valence-electron chi connectivity index (χ0n) is 17.1. The van der Waals surface area contributed by atoms with Gasteiger partial charge in [0.15, 0.2) is 0 Å². The Labute approximate surface area is 173 Å². The number of ether oxygens (including phenoxy) is 1. The maximum absolute atomic E-state index is 12.4. The van der Waals surface area contributed by atoms with Gasteiger partial charge in [0.2, 0.25) is 15.9 Å². The number of benzene rings is 2. The molecule has 0 bridgehead atoms. The zero-order chi connectivity index (χ0) is 21.5. The van der Waals surface area contributed by atoms with E-state index in [2.05, 4.69) is 37.4 Å². The van der Waals surface area contributed by atoms with Gasteiger partial charge in [-0.2, -0.15) is 0 Å². The zero-order valence-corrected chi connectivity index (χ0v) is 17.9. The fraction of sp³-hybridized carbons (Fsp3) is 0.318. The van der Waals surface area contributed by atoms with Crippen LogP contribution in [0, 0.1) is 0 Å². The predicted octanol–water partition coefficient (Wildman–Crippen LogP) is 3.86. The largest absolute Gasteiger partial charge is 0.489 e. The average Bonchev–Trinajstić information content (AvgIpc) is 2.66. The molecule has 0 radical (unpaired) electrons. The number of sulfonamides is 1. The van der Waals surface area contributed by atoms with Crippen LogP contribution in [0.1, 0.15) is 32.8 Å². The molecule has 156 valence electrons. The molecule has 1 amide bonds. The maximum atomic E-state index is 12.4. The van der Waals surface area contributed by atoms with E-state index in [-0.39, 0.29) is 29.2 Å². The first-order valence-electron chi connectivity index (χ1n) is 9.35. The number of carbonyl (C=O) groups excluding carboxylic acids is 1. The summed E-state index contributed by atoms with van der Waals surface area (Å²) in [7, 11) is -3.67. The van der Waals surface area contributed by atoms with Crippen LogP contribution < -0.4 is 14.8 Å². The Bertz CT molecular complexity index is 946. The lowest BCUT2D eigenvalue weighted by molar-refractivity contribution is -0.116. The third-order valence-electron chi connectivity index (χ3n) is 4.16. The van der Waals surface area contributed by atoms with E-state index in [9.17, 15) is 13.2 Å². The van der Waals surface area contributed by atoms with Gasteiger partial charge in [-0.25, -0.2) is 13.1 Å². The molecule has 0 saturated carbocycles. The Balaban J connectivity index is 1.88. The molecule has 2 N–H and O–H groups in total. The minimum absolute atomic E-state index is 0.00183. The van der Waals surface area contributed by atoms with Crippen LogP contribution in [0.3, 0.4) is 0 Å². The number of carbonyl (C=O) groups is 1. The Hall–Kier alpha value is -2.64. The van der Waals surface area contributed by atoms with Gasteiger partial charge in [0.25, 0.3) is 0 Å². The summed E-state index contributed by atoms with van der Waals surface area (Å²) in [6.45, 7) is 10.2. The van der Waals surface area contributed by atoms with Crippen LogP contribution in [-0.2, 0) is 20.2 Å². The summed E-state index contributed by atoms with van der Waals surface area (Å²) in [6.07, 6.45) is 1.64. The van der Waals surface area contributed by atoms with Crippen LogP contribution >= 0.6 is 0 Å². The summed E-state index contributed by atoms with van der Waals surface area (Å²) in [5.41, 5.74) is 1.58. The highest BCUT2D eigenvalue weighted by atomic mass is 32.2. The van der Waals surface area contributed by atoms with Crippen molar-refractivity contribution in [3.05, 3.63) is 66.7 Å². The van der Waals surface area contributed by atoms with E-state index in [0.29, 0.717) is 18.0 Å². The molecular formula is C22H28N2O4S. The average molecular weight is 417 g/mol. The number of amides is 1. The molecule has 0 atom stereocenters. The highest BCUT2D eigenvalue weighted by Gasteiger charge is 2.17. The standard InChI is InChI=1S/C22H28N2O4S/c1-5-15-28-19-8-6-7-18(16-19)24-21(25)13-14-23-29(26,27)20-11-9-17(10-12-20)22(2,3)4/h5-12,16,23H,1,13-15H2,2-4H3,(H,24,25). The molecule has 0 spiro atoms. The predicted molar refractivity (Wildman–Crippen MR) is 116 cm³/mol. The molecule has 0 aliphatic heterocycles. The third kappa shape index (κ3) is 7.03. The molecule has 0 unspecified atom stereocenters. The Morgan fingerprint density at radius 1 is 1.14 bits per heavy atom. The molecule has 0 saturated heterocycles. The van der Waals surface area contributed by atoms with E-state index in [1.54, 1.807) is 42.5 Å². The molecule has 2 aromatic rings. The first-order valence-corrected chi connectivity index (χ1v) is 10.8. The highest BCUT2D eigenvalue weighted by Crippen LogP contribution is 2.23. The molecule has 6 nitrogen and oxygen atoms in total. The van der Waals surface area contributed by atoms with Crippen LogP contribution in [0.5, 0.6) is 5.75 Å². The van der Waals surface area contributed by atoms with Crippen molar-refractivity contribution < 1.29 is 17.9 Å². The van der Waals surface area contributed by atoms with Gasteiger partial charge < -0.3 is 10.1 Å². The topological polar surface area (TPSA) is 84.5 Å². The van der Waals surface area contributed by atoms with Crippen LogP contribution in [0.15, 0.2) is 66.1 Å². The number of hydrogen-bond donors (Lipinski definition) is 2. The maximum Gasteiger partial charge on any atom is 0.240 e. The fourth-order valence-corrected chi connectivity index (χ4v) is 3.59. The number of anilines is 1. The summed E-state index contributed by atoms with van der Waals surface area (Å²) >= 11 is 0. The van der Waals surface area contributed by atoms with Gasteiger partial charge in [-0.15, -0.1) is 0 Å². The summed E-state index contributed by atoms with van der Waals surface area (Å²) in [5.74, 6) is 0.318. The van der Waals surface area contributed by atoms with E-state index in [1.165, 1.54) is 0 Å². The van der Waals surface area contributed by atoms with E-state index >= 15 is 0 Å². The molecule has 2 aromatic carbocycles. The minimum atomic E-state index is -3.67. The van der Waals surface area contributed by atoms with Crippen LogP contribution in [0.25, 0.3) is 0 Å². The second-order valence-corrected chi connectivity index (χ2v) is 9.36. The third-order valence-corrected chi connectivity index (χ3v) is 5.64. The van der Waals surface area contributed by atoms with E-state index in [1.807, 2.05) is 12.1 Å². The summed E-state index contributed by atoms with van der Waals surface area (Å²) < 4.78 is 32.7. The van der Waals surface area contributed by atoms with Crippen molar-refractivity contribution in [3.63, 3.8) is 0 Å². The normalized spacial score (nSPS) is 11.7. The van der Waals surface area contributed by atoms with Crippen molar-refractivity contribution in [2.45, 2.75) is 37.5 Å². The Morgan fingerprint density at radius 2 is 1.83 bits per heavy atom. The molecule has 7 heteroatoms. The van der Waals surface area contributed by atoms with Gasteiger partial charge in [0.1, 0.15) is 12.4 Å². The Kier molecular flexibility index (Phi) is 7.59. The first kappa shape index (κ1) is 22.6. The number of hydrogen-bond acceptors (Lipinski definition) is 4. The summed E-state index contributed by atoms with van der Waals surface area (Å²) in [6, 6.07) is 13.7. The summed E-state index contributed by atoms with van der Waals surface area (Å²) in [5, 5.41) is 2.73. The van der Waals surface area contributed by atoms with Crippen LogP contribution in [0.2, 0.25) is 0 Å². The van der Waals surface area contributed by atoms with Gasteiger partial charge in [-0.3, -0.25) is 4.79 Å². The van der Waals surface area contributed by atoms with Crippen LogP contribution in [-0.4, -0.2) is 27.5 Å². The van der Waals surface area contributed by atoms with Crippen molar-refractivity contribution >= 4 is 21.6 Å². The minimum Gasteiger partial charge on any atom is -0.489 e. The monoisotopic (exact) mass is 416 g/mol. The highest BCUT2D eigenvalue weighted by molar-refractivity contribution is 7.89. The lowest BCUT2D eigenvalue weighted by atomic mass is 9.87. The second kappa shape index (κ2) is 9.71. The first-order chi connectivity index (χ1) is 13.6. The molecule has 0 aromatic heterocycles. The Morgan fingerprint density at radius 3 is 2.45 bits per heavy atom. The second-order valence-electron chi connectivity index (χ2n) is 7.60. The molecular weight excluding hydrogens is 388 g/mol. The van der Waals surface area contributed by atoms with Crippen LogP contribution in [0.4, 0.5) is 5.69 Å². The fourth-order valence-electron chi connectivity index (χ4n) is 2.56. The van der Waals surface area contributed by atoms with Gasteiger partial charge in [-0.1, -0.05) is 51.6 Å². The van der Waals surface area contributed by atoms with E-state index < -0.39 is 10.0 Å². The molecule has 0 aliphatic rings. The van der Waals surface area contributed by atoms with Crippen molar-refractivity contribution in [3.8, 4) is 5.75 Å². The van der Waals surface area contributed by atoms with Gasteiger partial charge in [0.05, 0.1) is 4.90 Å². The quantitative estimate of drug-likeness (QED) is 0.608. The lowest BCUT2D eigenvalue weighted by Crippen LogP contribution is -2.28. The smallest absolute Gasteiger partial charge is 0.240 e. The van der Waals surface area contributed by atoms with E-state index in [4.69, 9.17) is 4.74 Å². The summed E-state index contributed by atoms with van der Waals surface area (Å²) in [4.78, 5) is 12.3. The molecule has 0 aliphatic carbocycles. The molecule has 2 rings (SSSR count). The van der Waals surface area contributed by atoms with Gasteiger partial charge >= 0.3 is 0 Å². The van der Waals surface area contributed by atoms with Gasteiger partial charge in [-0.05, 0) is 35.2 Å². The van der Waals surface area contributed by atoms with Crippen molar-refractivity contribution in [2.75, 3.05) is 18.5 Å². The molecule has 29 heavy (non-hydrogen) atoms. The number of rotatable bonds is 9. The van der Waals surface area contributed by atoms with Crippen molar-refractivity contribution in [2.24, 2.45) is 0 Å². The van der Waals surface area contributed by atoms with Gasteiger partial charge in [0, 0.05) is 24.7 Å².